The number of benzene rings is 1. The number of allylic oxidation sites excluding steroid dienone is 2. The zero-order chi connectivity index (χ0) is 18.2. The minimum Gasteiger partial charge on any atom is -0.392 e. The Hall–Kier alpha value is -0.850. The van der Waals surface area contributed by atoms with Gasteiger partial charge in [0, 0.05) is 17.5 Å². The molecule has 0 aliphatic heterocycles. The van der Waals surface area contributed by atoms with Crippen LogP contribution in [0.25, 0.3) is 0 Å². The van der Waals surface area contributed by atoms with Crippen LogP contribution in [0.15, 0.2) is 47.6 Å². The predicted octanol–water partition coefficient (Wildman–Crippen LogP) is 4.82. The Morgan fingerprint density at radius 1 is 1.36 bits per heavy atom. The van der Waals surface area contributed by atoms with Gasteiger partial charge in [-0.05, 0) is 56.4 Å². The molecule has 0 saturated heterocycles. The van der Waals surface area contributed by atoms with E-state index >= 15 is 0 Å². The summed E-state index contributed by atoms with van der Waals surface area (Å²) in [6, 6.07) is 7.44. The maximum Gasteiger partial charge on any atom is 0.241 e. The molecule has 0 saturated carbocycles. The molecule has 0 bridgehead atoms. The maximum atomic E-state index is 13.1. The molecule has 1 aromatic rings. The zero-order valence-electron chi connectivity index (χ0n) is 14.5. The molecule has 0 unspecified atom stereocenters. The largest absolute Gasteiger partial charge is 0.392 e. The van der Waals surface area contributed by atoms with Crippen molar-refractivity contribution in [2.75, 3.05) is 6.54 Å². The van der Waals surface area contributed by atoms with E-state index in [1.807, 2.05) is 38.1 Å². The molecule has 0 spiro atoms. The van der Waals surface area contributed by atoms with E-state index in [9.17, 15) is 9.90 Å². The van der Waals surface area contributed by atoms with Crippen LogP contribution in [0, 0.1) is 5.92 Å². The molecule has 3 nitrogen and oxygen atoms in total. The van der Waals surface area contributed by atoms with Crippen LogP contribution < -0.4 is 0 Å². The van der Waals surface area contributed by atoms with Gasteiger partial charge in [-0.2, -0.15) is 0 Å². The SMILES string of the molecule is CC(C)(C(=O)N(I)C[C@@H]1C2=C(C=CCC2)C[C@@H]1O)c1ccc(Cl)cc1. The minimum absolute atomic E-state index is 0.0433. The van der Waals surface area contributed by atoms with Crippen molar-refractivity contribution in [2.24, 2.45) is 5.92 Å². The standard InChI is InChI=1S/C20H23ClINO2/c1-20(2,14-7-9-15(21)10-8-14)19(25)23(22)12-17-16-6-4-3-5-13(16)11-18(17)24/h3,5,7-10,17-18,24H,4,6,11-12H2,1-2H3/t17-,18+/m1/s1. The fraction of sp³-hybridized carbons (Fsp3) is 0.450. The van der Waals surface area contributed by atoms with Crippen molar-refractivity contribution in [3.63, 3.8) is 0 Å². The first kappa shape index (κ1) is 18.9. The molecule has 1 amide bonds. The fourth-order valence-corrected chi connectivity index (χ4v) is 4.89. The summed E-state index contributed by atoms with van der Waals surface area (Å²) in [5, 5.41) is 11.1. The number of hydrogen-bond donors (Lipinski definition) is 1. The van der Waals surface area contributed by atoms with Crippen LogP contribution >= 0.6 is 34.5 Å². The number of rotatable bonds is 4. The van der Waals surface area contributed by atoms with Crippen molar-refractivity contribution >= 4 is 40.4 Å². The van der Waals surface area contributed by atoms with Gasteiger partial charge in [-0.3, -0.25) is 7.91 Å². The van der Waals surface area contributed by atoms with Gasteiger partial charge in [0.2, 0.25) is 5.91 Å². The van der Waals surface area contributed by atoms with Crippen LogP contribution in [0.2, 0.25) is 5.02 Å². The molecule has 0 radical (unpaired) electrons. The van der Waals surface area contributed by atoms with Gasteiger partial charge in [-0.15, -0.1) is 0 Å². The Bertz CT molecular complexity index is 724. The average Bonchev–Trinajstić information content (AvgIpc) is 2.90. The van der Waals surface area contributed by atoms with Gasteiger partial charge in [0.25, 0.3) is 0 Å². The number of halogens is 2. The quantitative estimate of drug-likeness (QED) is 0.505. The Morgan fingerprint density at radius 3 is 2.72 bits per heavy atom. The van der Waals surface area contributed by atoms with E-state index in [-0.39, 0.29) is 11.8 Å². The van der Waals surface area contributed by atoms with Gasteiger partial charge >= 0.3 is 0 Å². The summed E-state index contributed by atoms with van der Waals surface area (Å²) in [5.41, 5.74) is 2.89. The summed E-state index contributed by atoms with van der Waals surface area (Å²) in [7, 11) is 0. The molecule has 0 fully saturated rings. The lowest BCUT2D eigenvalue weighted by Gasteiger charge is -2.31. The van der Waals surface area contributed by atoms with Crippen LogP contribution in [-0.4, -0.2) is 26.8 Å². The molecule has 1 aromatic carbocycles. The number of aliphatic hydroxyl groups excluding tert-OH is 1. The van der Waals surface area contributed by atoms with Gasteiger partial charge < -0.3 is 5.11 Å². The molecule has 0 heterocycles. The number of carbonyl (C=O) groups is 1. The molecular formula is C20H23ClINO2. The summed E-state index contributed by atoms with van der Waals surface area (Å²) < 4.78 is 1.74. The molecule has 1 N–H and O–H groups in total. The molecular weight excluding hydrogens is 449 g/mol. The van der Waals surface area contributed by atoms with E-state index in [1.165, 1.54) is 11.1 Å². The van der Waals surface area contributed by atoms with E-state index in [2.05, 4.69) is 35.0 Å². The van der Waals surface area contributed by atoms with E-state index < -0.39 is 11.5 Å². The second-order valence-corrected chi connectivity index (χ2v) is 8.95. The Morgan fingerprint density at radius 2 is 2.04 bits per heavy atom. The summed E-state index contributed by atoms with van der Waals surface area (Å²) >= 11 is 8.06. The molecule has 2 atom stereocenters. The first-order valence-electron chi connectivity index (χ1n) is 8.61. The highest BCUT2D eigenvalue weighted by molar-refractivity contribution is 14.1. The molecule has 5 heteroatoms. The maximum absolute atomic E-state index is 13.1. The van der Waals surface area contributed by atoms with E-state index in [1.54, 1.807) is 3.11 Å². The summed E-state index contributed by atoms with van der Waals surface area (Å²) in [4.78, 5) is 13.1. The number of amides is 1. The Kier molecular flexibility index (Phi) is 5.61. The predicted molar refractivity (Wildman–Crippen MR) is 110 cm³/mol. The fourth-order valence-electron chi connectivity index (χ4n) is 3.74. The molecule has 3 rings (SSSR count). The second kappa shape index (κ2) is 7.41. The number of hydrogen-bond acceptors (Lipinski definition) is 2. The first-order valence-corrected chi connectivity index (χ1v) is 9.95. The van der Waals surface area contributed by atoms with Crippen LogP contribution in [0.4, 0.5) is 0 Å². The van der Waals surface area contributed by atoms with E-state index in [0.29, 0.717) is 18.0 Å². The van der Waals surface area contributed by atoms with Gasteiger partial charge in [0.15, 0.2) is 0 Å². The highest BCUT2D eigenvalue weighted by atomic mass is 127. The van der Waals surface area contributed by atoms with Crippen LogP contribution in [0.3, 0.4) is 0 Å². The van der Waals surface area contributed by atoms with E-state index in [4.69, 9.17) is 11.6 Å². The lowest BCUT2D eigenvalue weighted by Crippen LogP contribution is -2.41. The molecule has 25 heavy (non-hydrogen) atoms. The topological polar surface area (TPSA) is 40.5 Å². The highest BCUT2D eigenvalue weighted by Gasteiger charge is 2.38. The normalized spacial score (nSPS) is 22.9. The molecule has 134 valence electrons. The monoisotopic (exact) mass is 471 g/mol. The van der Waals surface area contributed by atoms with Gasteiger partial charge in [-0.1, -0.05) is 41.5 Å². The van der Waals surface area contributed by atoms with Crippen molar-refractivity contribution in [1.29, 1.82) is 0 Å². The van der Waals surface area contributed by atoms with Gasteiger partial charge in [0.05, 0.1) is 34.4 Å². The van der Waals surface area contributed by atoms with Crippen molar-refractivity contribution in [3.05, 3.63) is 58.1 Å². The number of carbonyl (C=O) groups excluding carboxylic acids is 1. The smallest absolute Gasteiger partial charge is 0.241 e. The minimum atomic E-state index is -0.640. The van der Waals surface area contributed by atoms with Crippen molar-refractivity contribution in [1.82, 2.24) is 3.11 Å². The third-order valence-corrected chi connectivity index (χ3v) is 6.41. The lowest BCUT2D eigenvalue weighted by molar-refractivity contribution is -0.130. The summed E-state index contributed by atoms with van der Waals surface area (Å²) in [5.74, 6) is 0.0878. The third kappa shape index (κ3) is 3.81. The third-order valence-electron chi connectivity index (χ3n) is 5.33. The molecule has 2 aliphatic carbocycles. The number of nitrogens with zero attached hydrogens (tertiary/aromatic N) is 1. The van der Waals surface area contributed by atoms with E-state index in [0.717, 1.165) is 18.4 Å². The second-order valence-electron chi connectivity index (χ2n) is 7.35. The van der Waals surface area contributed by atoms with Gasteiger partial charge in [0.1, 0.15) is 0 Å². The Balaban J connectivity index is 1.75. The van der Waals surface area contributed by atoms with Crippen LogP contribution in [-0.2, 0) is 10.2 Å². The van der Waals surface area contributed by atoms with Crippen LogP contribution in [0.1, 0.15) is 38.7 Å². The zero-order valence-corrected chi connectivity index (χ0v) is 17.4. The first-order chi connectivity index (χ1) is 11.8. The van der Waals surface area contributed by atoms with Crippen molar-refractivity contribution < 1.29 is 9.90 Å². The number of aliphatic hydroxyl groups is 1. The van der Waals surface area contributed by atoms with Gasteiger partial charge in [-0.25, -0.2) is 0 Å². The van der Waals surface area contributed by atoms with Crippen molar-refractivity contribution in [3.8, 4) is 0 Å². The highest BCUT2D eigenvalue weighted by Crippen LogP contribution is 2.40. The summed E-state index contributed by atoms with van der Waals surface area (Å²) in [6.45, 7) is 4.41. The average molecular weight is 472 g/mol. The van der Waals surface area contributed by atoms with Crippen LogP contribution in [0.5, 0.6) is 0 Å². The lowest BCUT2D eigenvalue weighted by atomic mass is 9.83. The molecule has 0 aromatic heterocycles. The molecule has 2 aliphatic rings. The van der Waals surface area contributed by atoms with Crippen molar-refractivity contribution in [2.45, 2.75) is 44.6 Å². The Labute approximate surface area is 168 Å². The summed E-state index contributed by atoms with van der Waals surface area (Å²) in [6.07, 6.45) is 6.64.